The Balaban J connectivity index is 1.44. The van der Waals surface area contributed by atoms with E-state index >= 15 is 0 Å². The van der Waals surface area contributed by atoms with E-state index in [-0.39, 0.29) is 36.2 Å². The van der Waals surface area contributed by atoms with Crippen molar-refractivity contribution in [1.82, 2.24) is 10.6 Å². The van der Waals surface area contributed by atoms with Crippen molar-refractivity contribution in [2.75, 3.05) is 9.80 Å². The summed E-state index contributed by atoms with van der Waals surface area (Å²) in [6.07, 6.45) is 12.1. The summed E-state index contributed by atoms with van der Waals surface area (Å²) in [5, 5.41) is 6.65. The maximum atomic E-state index is 13.8. The van der Waals surface area contributed by atoms with E-state index in [9.17, 15) is 9.59 Å². The molecule has 3 aliphatic rings. The molecule has 4 amide bonds. The van der Waals surface area contributed by atoms with Gasteiger partial charge in [-0.25, -0.2) is 9.59 Å². The predicted molar refractivity (Wildman–Crippen MR) is 145 cm³/mol. The second-order valence-electron chi connectivity index (χ2n) is 10.8. The average molecular weight is 489 g/mol. The van der Waals surface area contributed by atoms with Gasteiger partial charge in [-0.2, -0.15) is 0 Å². The van der Waals surface area contributed by atoms with Crippen LogP contribution >= 0.6 is 0 Å². The van der Waals surface area contributed by atoms with Crippen molar-refractivity contribution in [3.63, 3.8) is 0 Å². The molecule has 2 aromatic rings. The lowest BCUT2D eigenvalue weighted by Crippen LogP contribution is -2.54. The molecule has 2 aliphatic carbocycles. The Morgan fingerprint density at radius 2 is 1.36 bits per heavy atom. The Morgan fingerprint density at radius 3 is 2.03 bits per heavy atom. The van der Waals surface area contributed by atoms with Crippen molar-refractivity contribution in [3.8, 4) is 0 Å². The normalized spacial score (nSPS) is 23.0. The Kier molecular flexibility index (Phi) is 7.78. The van der Waals surface area contributed by atoms with Crippen LogP contribution in [0.2, 0.25) is 0 Å². The number of urea groups is 2. The van der Waals surface area contributed by atoms with Gasteiger partial charge in [-0.15, -0.1) is 0 Å². The van der Waals surface area contributed by atoms with Crippen molar-refractivity contribution in [2.24, 2.45) is 0 Å². The van der Waals surface area contributed by atoms with E-state index in [2.05, 4.69) is 23.6 Å². The molecule has 0 bridgehead atoms. The number of benzene rings is 2. The number of amides is 4. The third-order valence-electron chi connectivity index (χ3n) is 8.21. The first-order chi connectivity index (χ1) is 17.6. The molecule has 2 N–H and O–H groups in total. The molecule has 192 valence electrons. The number of rotatable bonds is 4. The second kappa shape index (κ2) is 11.4. The van der Waals surface area contributed by atoms with E-state index in [0.29, 0.717) is 6.42 Å². The molecule has 36 heavy (non-hydrogen) atoms. The summed E-state index contributed by atoms with van der Waals surface area (Å²) >= 11 is 0. The van der Waals surface area contributed by atoms with Gasteiger partial charge < -0.3 is 10.6 Å². The van der Waals surface area contributed by atoms with Crippen LogP contribution in [0.25, 0.3) is 0 Å². The minimum absolute atomic E-state index is 0.0155. The van der Waals surface area contributed by atoms with Crippen molar-refractivity contribution < 1.29 is 9.59 Å². The van der Waals surface area contributed by atoms with Gasteiger partial charge in [0.2, 0.25) is 0 Å². The first-order valence-electron chi connectivity index (χ1n) is 13.9. The lowest BCUT2D eigenvalue weighted by atomic mass is 9.90. The van der Waals surface area contributed by atoms with Crippen LogP contribution in [-0.4, -0.2) is 30.2 Å². The van der Waals surface area contributed by atoms with Crippen molar-refractivity contribution >= 4 is 23.4 Å². The standard InChI is InChI=1S/C30H40N4O2/c1-22-21-28(34(25-17-9-4-10-18-25)30(36)32-24-15-7-3-8-16-24)26-19-11-12-20-27(26)33(22)29(35)31-23-13-5-2-6-14-23/h4,9-12,17-20,22-24,28H,2-3,5-8,13-16,21H2,1H3,(H,31,35)(H,32,36)/t22-,28-/m0/s1. The summed E-state index contributed by atoms with van der Waals surface area (Å²) in [6.45, 7) is 2.10. The number of carbonyl (C=O) groups is 2. The molecule has 0 aromatic heterocycles. The van der Waals surface area contributed by atoms with Crippen LogP contribution in [-0.2, 0) is 0 Å². The van der Waals surface area contributed by atoms with E-state index in [0.717, 1.165) is 42.6 Å². The van der Waals surface area contributed by atoms with Gasteiger partial charge >= 0.3 is 12.1 Å². The highest BCUT2D eigenvalue weighted by Gasteiger charge is 2.39. The summed E-state index contributed by atoms with van der Waals surface area (Å²) in [4.78, 5) is 31.2. The van der Waals surface area contributed by atoms with Crippen molar-refractivity contribution in [2.45, 2.75) is 102 Å². The topological polar surface area (TPSA) is 64.7 Å². The Labute approximate surface area is 215 Å². The lowest BCUT2D eigenvalue weighted by Gasteiger charge is -2.44. The monoisotopic (exact) mass is 488 g/mol. The number of nitrogens with zero attached hydrogens (tertiary/aromatic N) is 2. The highest BCUT2D eigenvalue weighted by molar-refractivity contribution is 5.97. The molecule has 1 aliphatic heterocycles. The number of hydrogen-bond acceptors (Lipinski definition) is 2. The molecule has 6 heteroatoms. The molecule has 0 saturated heterocycles. The molecule has 0 unspecified atom stereocenters. The molecule has 0 spiro atoms. The zero-order valence-corrected chi connectivity index (χ0v) is 21.5. The summed E-state index contributed by atoms with van der Waals surface area (Å²) in [5.74, 6) is 0. The van der Waals surface area contributed by atoms with Crippen LogP contribution in [0.15, 0.2) is 54.6 Å². The fraction of sp³-hybridized carbons (Fsp3) is 0.533. The Hall–Kier alpha value is -3.02. The highest BCUT2D eigenvalue weighted by Crippen LogP contribution is 2.42. The summed E-state index contributed by atoms with van der Waals surface area (Å²) in [7, 11) is 0. The van der Waals surface area contributed by atoms with E-state index in [1.54, 1.807) is 0 Å². The fourth-order valence-electron chi connectivity index (χ4n) is 6.35. The first kappa shape index (κ1) is 24.7. The van der Waals surface area contributed by atoms with E-state index in [4.69, 9.17) is 0 Å². The van der Waals surface area contributed by atoms with Gasteiger partial charge in [-0.3, -0.25) is 9.80 Å². The smallest absolute Gasteiger partial charge is 0.322 e. The molecular weight excluding hydrogens is 448 g/mol. The molecule has 6 nitrogen and oxygen atoms in total. The van der Waals surface area contributed by atoms with Crippen molar-refractivity contribution in [1.29, 1.82) is 0 Å². The number of fused-ring (bicyclic) bond motifs is 1. The number of nitrogens with one attached hydrogen (secondary N) is 2. The minimum Gasteiger partial charge on any atom is -0.335 e. The maximum absolute atomic E-state index is 13.8. The molecule has 2 aromatic carbocycles. The maximum Gasteiger partial charge on any atom is 0.322 e. The number of carbonyl (C=O) groups excluding carboxylic acids is 2. The van der Waals surface area contributed by atoms with E-state index in [1.807, 2.05) is 58.3 Å². The Morgan fingerprint density at radius 1 is 0.778 bits per heavy atom. The summed E-state index contributed by atoms with van der Waals surface area (Å²) in [5.41, 5.74) is 2.82. The van der Waals surface area contributed by atoms with Gasteiger partial charge in [-0.05, 0) is 62.8 Å². The molecule has 5 rings (SSSR count). The van der Waals surface area contributed by atoms with E-state index < -0.39 is 0 Å². The second-order valence-corrected chi connectivity index (χ2v) is 10.8. The van der Waals surface area contributed by atoms with Crippen LogP contribution in [0.4, 0.5) is 21.0 Å². The summed E-state index contributed by atoms with van der Waals surface area (Å²) in [6, 6.07) is 18.3. The van der Waals surface area contributed by atoms with Crippen LogP contribution in [0, 0.1) is 0 Å². The number of anilines is 2. The largest absolute Gasteiger partial charge is 0.335 e. The van der Waals surface area contributed by atoms with E-state index in [1.165, 1.54) is 38.5 Å². The number of para-hydroxylation sites is 2. The lowest BCUT2D eigenvalue weighted by molar-refractivity contribution is 0.232. The molecule has 2 fully saturated rings. The minimum atomic E-state index is -0.152. The molecule has 0 radical (unpaired) electrons. The molecular formula is C30H40N4O2. The van der Waals surface area contributed by atoms with Gasteiger partial charge in [-0.1, -0.05) is 74.9 Å². The third kappa shape index (κ3) is 5.37. The fourth-order valence-corrected chi connectivity index (χ4v) is 6.35. The first-order valence-corrected chi connectivity index (χ1v) is 13.9. The zero-order chi connectivity index (χ0) is 24.9. The predicted octanol–water partition coefficient (Wildman–Crippen LogP) is 6.92. The average Bonchev–Trinajstić information content (AvgIpc) is 2.90. The quantitative estimate of drug-likeness (QED) is 0.491. The van der Waals surface area contributed by atoms with Crippen LogP contribution in [0.1, 0.15) is 89.2 Å². The van der Waals surface area contributed by atoms with Crippen LogP contribution < -0.4 is 20.4 Å². The SMILES string of the molecule is C[C@H]1C[C@H](N(C(=O)NC2CCCCC2)c2ccccc2)c2ccccc2N1C(=O)NC1CCCCC1. The van der Waals surface area contributed by atoms with Gasteiger partial charge in [0, 0.05) is 23.8 Å². The van der Waals surface area contributed by atoms with Crippen LogP contribution in [0.3, 0.4) is 0 Å². The zero-order valence-electron chi connectivity index (χ0n) is 21.5. The van der Waals surface area contributed by atoms with Gasteiger partial charge in [0.15, 0.2) is 0 Å². The Bertz CT molecular complexity index is 1030. The van der Waals surface area contributed by atoms with Crippen molar-refractivity contribution in [3.05, 3.63) is 60.2 Å². The van der Waals surface area contributed by atoms with Gasteiger partial charge in [0.05, 0.1) is 11.7 Å². The summed E-state index contributed by atoms with van der Waals surface area (Å²) < 4.78 is 0. The van der Waals surface area contributed by atoms with Gasteiger partial charge in [0.25, 0.3) is 0 Å². The molecule has 2 atom stereocenters. The highest BCUT2D eigenvalue weighted by atomic mass is 16.2. The molecule has 1 heterocycles. The third-order valence-corrected chi connectivity index (χ3v) is 8.21. The van der Waals surface area contributed by atoms with Crippen LogP contribution in [0.5, 0.6) is 0 Å². The molecule has 2 saturated carbocycles. The van der Waals surface area contributed by atoms with Gasteiger partial charge in [0.1, 0.15) is 0 Å². The number of hydrogen-bond donors (Lipinski definition) is 2.